The molecule has 1 aromatic heterocycles. The second-order valence-electron chi connectivity index (χ2n) is 5.01. The Hall–Kier alpha value is -1.18. The van der Waals surface area contributed by atoms with Crippen molar-refractivity contribution in [1.82, 2.24) is 15.0 Å². The van der Waals surface area contributed by atoms with Crippen molar-refractivity contribution in [1.29, 1.82) is 0 Å². The van der Waals surface area contributed by atoms with Gasteiger partial charge in [-0.25, -0.2) is 4.68 Å². The average Bonchev–Trinajstić information content (AvgIpc) is 2.90. The molecule has 0 aromatic carbocycles. The lowest BCUT2D eigenvalue weighted by molar-refractivity contribution is -0.297. The predicted molar refractivity (Wildman–Crippen MR) is 66.8 cm³/mol. The normalized spacial score (nSPS) is 33.9. The van der Waals surface area contributed by atoms with Gasteiger partial charge in [0.15, 0.2) is 6.29 Å². The number of hydrogen-bond acceptors (Lipinski definition) is 10. The third-order valence-corrected chi connectivity index (χ3v) is 3.58. The Kier molecular flexibility index (Phi) is 5.41. The zero-order valence-electron chi connectivity index (χ0n) is 11.5. The van der Waals surface area contributed by atoms with Gasteiger partial charge in [0, 0.05) is 0 Å². The summed E-state index contributed by atoms with van der Waals surface area (Å²) >= 11 is 0. The topological polar surface area (TPSA) is 182 Å². The standard InChI is InChI=1S/C11H19N3O8/c15-2-4-5(3-16)14(13-12-4)1-6(17)10-8(19)7(18)9(20)11(21)22-10/h6-11,15-21H,1-3H2/t6-,7+,8+,9+,10-,11?/m1/s1. The highest BCUT2D eigenvalue weighted by atomic mass is 16.6. The van der Waals surface area contributed by atoms with Gasteiger partial charge in [0.05, 0.1) is 25.5 Å². The van der Waals surface area contributed by atoms with E-state index >= 15 is 0 Å². The minimum Gasteiger partial charge on any atom is -0.390 e. The molecule has 126 valence electrons. The van der Waals surface area contributed by atoms with E-state index in [4.69, 9.17) is 9.84 Å². The molecule has 0 aliphatic carbocycles. The quantitative estimate of drug-likeness (QED) is 0.279. The molecule has 1 unspecified atom stereocenters. The third-order valence-electron chi connectivity index (χ3n) is 3.58. The Labute approximate surface area is 124 Å². The average molecular weight is 321 g/mol. The first-order valence-electron chi connectivity index (χ1n) is 6.59. The summed E-state index contributed by atoms with van der Waals surface area (Å²) in [6.45, 7) is -1.20. The first kappa shape index (κ1) is 17.2. The van der Waals surface area contributed by atoms with Crippen LogP contribution in [0.15, 0.2) is 0 Å². The van der Waals surface area contributed by atoms with E-state index in [-0.39, 0.29) is 17.9 Å². The fraction of sp³-hybridized carbons (Fsp3) is 0.818. The third kappa shape index (κ3) is 3.11. The number of nitrogens with zero attached hydrogens (tertiary/aromatic N) is 3. The van der Waals surface area contributed by atoms with E-state index in [1.165, 1.54) is 0 Å². The maximum absolute atomic E-state index is 10.1. The van der Waals surface area contributed by atoms with Crippen LogP contribution < -0.4 is 0 Å². The lowest BCUT2D eigenvalue weighted by atomic mass is 9.95. The minimum absolute atomic E-state index is 0.135. The lowest BCUT2D eigenvalue weighted by Crippen LogP contribution is -2.61. The van der Waals surface area contributed by atoms with E-state index in [1.807, 2.05) is 0 Å². The van der Waals surface area contributed by atoms with Crippen LogP contribution in [0.2, 0.25) is 0 Å². The Bertz CT molecular complexity index is 498. The van der Waals surface area contributed by atoms with Gasteiger partial charge in [0.2, 0.25) is 0 Å². The Morgan fingerprint density at radius 1 is 1.05 bits per heavy atom. The van der Waals surface area contributed by atoms with Crippen LogP contribution in [0.4, 0.5) is 0 Å². The summed E-state index contributed by atoms with van der Waals surface area (Å²) in [7, 11) is 0. The highest BCUT2D eigenvalue weighted by molar-refractivity contribution is 5.08. The van der Waals surface area contributed by atoms with Crippen LogP contribution >= 0.6 is 0 Å². The van der Waals surface area contributed by atoms with E-state index in [0.717, 1.165) is 4.68 Å². The van der Waals surface area contributed by atoms with Crippen molar-refractivity contribution in [2.24, 2.45) is 0 Å². The first-order valence-corrected chi connectivity index (χ1v) is 6.59. The summed E-state index contributed by atoms with van der Waals surface area (Å²) < 4.78 is 6.00. The maximum Gasteiger partial charge on any atom is 0.184 e. The molecule has 1 saturated heterocycles. The molecule has 0 bridgehead atoms. The number of aliphatic hydroxyl groups is 7. The maximum atomic E-state index is 10.1. The first-order chi connectivity index (χ1) is 10.4. The monoisotopic (exact) mass is 321 g/mol. The van der Waals surface area contributed by atoms with E-state index in [2.05, 4.69) is 10.3 Å². The number of aromatic nitrogens is 3. The Morgan fingerprint density at radius 3 is 2.32 bits per heavy atom. The van der Waals surface area contributed by atoms with Gasteiger partial charge in [-0.15, -0.1) is 5.10 Å². The fourth-order valence-electron chi connectivity index (χ4n) is 2.30. The molecule has 0 radical (unpaired) electrons. The van der Waals surface area contributed by atoms with Crippen molar-refractivity contribution in [2.45, 2.75) is 56.6 Å². The summed E-state index contributed by atoms with van der Waals surface area (Å²) in [6.07, 6.45) is -9.60. The zero-order chi connectivity index (χ0) is 16.4. The molecule has 7 N–H and O–H groups in total. The molecule has 2 heterocycles. The highest BCUT2D eigenvalue weighted by Crippen LogP contribution is 2.23. The molecule has 1 fully saturated rings. The van der Waals surface area contributed by atoms with Gasteiger partial charge >= 0.3 is 0 Å². The molecular formula is C11H19N3O8. The molecular weight excluding hydrogens is 302 g/mol. The van der Waals surface area contributed by atoms with Gasteiger partial charge in [0.25, 0.3) is 0 Å². The zero-order valence-corrected chi connectivity index (χ0v) is 11.5. The number of aliphatic hydroxyl groups excluding tert-OH is 7. The largest absolute Gasteiger partial charge is 0.390 e. The van der Waals surface area contributed by atoms with E-state index in [0.29, 0.717) is 0 Å². The molecule has 22 heavy (non-hydrogen) atoms. The molecule has 0 amide bonds. The number of rotatable bonds is 5. The molecule has 0 spiro atoms. The van der Waals surface area contributed by atoms with Crippen molar-refractivity contribution in [3.8, 4) is 0 Å². The Balaban J connectivity index is 2.11. The SMILES string of the molecule is OCc1nnn(C[C@@H](O)[C@H]2OC(O)[C@@H](O)[C@@H](O)[C@@H]2O)c1CO. The van der Waals surface area contributed by atoms with Gasteiger partial charge in [0.1, 0.15) is 36.2 Å². The molecule has 1 aliphatic heterocycles. The van der Waals surface area contributed by atoms with Gasteiger partial charge < -0.3 is 40.5 Å². The molecule has 1 aliphatic rings. The summed E-state index contributed by atoms with van der Waals surface area (Å²) in [6, 6.07) is 0. The van der Waals surface area contributed by atoms with Crippen LogP contribution in [0.25, 0.3) is 0 Å². The smallest absolute Gasteiger partial charge is 0.184 e. The summed E-state index contributed by atoms with van der Waals surface area (Å²) in [5, 5.41) is 73.8. The number of ether oxygens (including phenoxy) is 1. The summed E-state index contributed by atoms with van der Waals surface area (Å²) in [5.74, 6) is 0. The molecule has 11 heteroatoms. The fourth-order valence-corrected chi connectivity index (χ4v) is 2.30. The van der Waals surface area contributed by atoms with Gasteiger partial charge in [-0.3, -0.25) is 0 Å². The van der Waals surface area contributed by atoms with Gasteiger partial charge in [-0.05, 0) is 0 Å². The molecule has 1 aromatic rings. The van der Waals surface area contributed by atoms with Crippen LogP contribution in [-0.2, 0) is 24.5 Å². The Morgan fingerprint density at radius 2 is 1.73 bits per heavy atom. The van der Waals surface area contributed by atoms with Crippen molar-refractivity contribution >= 4 is 0 Å². The summed E-state index contributed by atoms with van der Waals surface area (Å²) in [4.78, 5) is 0. The minimum atomic E-state index is -1.76. The van der Waals surface area contributed by atoms with Gasteiger partial charge in [-0.2, -0.15) is 0 Å². The second-order valence-corrected chi connectivity index (χ2v) is 5.01. The van der Waals surface area contributed by atoms with Crippen LogP contribution in [0.5, 0.6) is 0 Å². The van der Waals surface area contributed by atoms with E-state index < -0.39 is 50.0 Å². The van der Waals surface area contributed by atoms with Crippen molar-refractivity contribution in [2.75, 3.05) is 0 Å². The van der Waals surface area contributed by atoms with E-state index in [1.54, 1.807) is 0 Å². The molecule has 11 nitrogen and oxygen atoms in total. The second kappa shape index (κ2) is 6.93. The van der Waals surface area contributed by atoms with Crippen LogP contribution in [0, 0.1) is 0 Å². The van der Waals surface area contributed by atoms with E-state index in [9.17, 15) is 30.6 Å². The predicted octanol–water partition coefficient (Wildman–Crippen LogP) is -4.58. The molecule has 2 rings (SSSR count). The van der Waals surface area contributed by atoms with Gasteiger partial charge in [-0.1, -0.05) is 5.21 Å². The lowest BCUT2D eigenvalue weighted by Gasteiger charge is -2.40. The highest BCUT2D eigenvalue weighted by Gasteiger charge is 2.46. The van der Waals surface area contributed by atoms with Crippen LogP contribution in [0.3, 0.4) is 0 Å². The molecule has 0 saturated carbocycles. The molecule has 6 atom stereocenters. The van der Waals surface area contributed by atoms with Crippen molar-refractivity contribution in [3.05, 3.63) is 11.4 Å². The van der Waals surface area contributed by atoms with Crippen molar-refractivity contribution < 1.29 is 40.5 Å². The summed E-state index contributed by atoms with van der Waals surface area (Å²) in [5.41, 5.74) is 0.309. The van der Waals surface area contributed by atoms with Crippen LogP contribution in [-0.4, -0.2) is 87.5 Å². The van der Waals surface area contributed by atoms with Crippen LogP contribution in [0.1, 0.15) is 11.4 Å². The van der Waals surface area contributed by atoms with Crippen molar-refractivity contribution in [3.63, 3.8) is 0 Å². The number of hydrogen-bond donors (Lipinski definition) is 7.